The van der Waals surface area contributed by atoms with E-state index in [-0.39, 0.29) is 0 Å². The highest BCUT2D eigenvalue weighted by atomic mass is 16.7. The molecule has 0 fully saturated rings. The zero-order valence-corrected chi connectivity index (χ0v) is 9.41. The Kier molecular flexibility index (Phi) is 8.08. The Morgan fingerprint density at radius 1 is 0.929 bits per heavy atom. The van der Waals surface area contributed by atoms with Gasteiger partial charge in [0.25, 0.3) is 0 Å². The van der Waals surface area contributed by atoms with Crippen LogP contribution in [0.3, 0.4) is 0 Å². The van der Waals surface area contributed by atoms with Crippen molar-refractivity contribution in [2.45, 2.75) is 25.4 Å². The summed E-state index contributed by atoms with van der Waals surface area (Å²) in [5.41, 5.74) is 0. The Bertz CT molecular complexity index is 109. The van der Waals surface area contributed by atoms with Gasteiger partial charge in [-0.1, -0.05) is 13.3 Å². The lowest BCUT2D eigenvalue weighted by atomic mass is 10.0. The van der Waals surface area contributed by atoms with Crippen molar-refractivity contribution in [3.05, 3.63) is 12.8 Å². The van der Waals surface area contributed by atoms with Crippen molar-refractivity contribution in [1.29, 1.82) is 0 Å². The van der Waals surface area contributed by atoms with Gasteiger partial charge in [0.15, 0.2) is 12.6 Å². The first-order valence-corrected chi connectivity index (χ1v) is 4.51. The highest BCUT2D eigenvalue weighted by Crippen LogP contribution is 2.23. The molecule has 0 aromatic rings. The molecule has 4 heteroatoms. The summed E-state index contributed by atoms with van der Waals surface area (Å²) in [5.74, 6) is 0.912. The van der Waals surface area contributed by atoms with Crippen LogP contribution in [0.5, 0.6) is 0 Å². The van der Waals surface area contributed by atoms with Gasteiger partial charge in [-0.25, -0.2) is 0 Å². The molecule has 0 amide bonds. The van der Waals surface area contributed by atoms with Crippen LogP contribution in [0.25, 0.3) is 0 Å². The average molecular weight is 204 g/mol. The predicted octanol–water partition coefficient (Wildman–Crippen LogP) is 1.41. The summed E-state index contributed by atoms with van der Waals surface area (Å²) in [6, 6.07) is 0. The van der Waals surface area contributed by atoms with Gasteiger partial charge in [-0.15, -0.1) is 0 Å². The summed E-state index contributed by atoms with van der Waals surface area (Å²) >= 11 is 0. The molecule has 14 heavy (non-hydrogen) atoms. The number of rotatable bonds is 8. The van der Waals surface area contributed by atoms with Crippen LogP contribution in [0.4, 0.5) is 0 Å². The average Bonchev–Trinajstić information content (AvgIpc) is 2.21. The molecular formula is C10H20O4. The van der Waals surface area contributed by atoms with Crippen LogP contribution in [0.2, 0.25) is 0 Å². The van der Waals surface area contributed by atoms with Crippen molar-refractivity contribution in [2.24, 2.45) is 0 Å². The lowest BCUT2D eigenvalue weighted by Crippen LogP contribution is -2.34. The molecule has 0 saturated carbocycles. The van der Waals surface area contributed by atoms with Crippen LogP contribution < -0.4 is 0 Å². The first-order valence-electron chi connectivity index (χ1n) is 4.51. The van der Waals surface area contributed by atoms with E-state index in [1.54, 1.807) is 28.4 Å². The van der Waals surface area contributed by atoms with Crippen molar-refractivity contribution >= 4 is 0 Å². The van der Waals surface area contributed by atoms with E-state index >= 15 is 0 Å². The Morgan fingerprint density at radius 2 is 1.29 bits per heavy atom. The fourth-order valence-corrected chi connectivity index (χ4v) is 1.35. The molecule has 0 spiro atoms. The van der Waals surface area contributed by atoms with Crippen LogP contribution in [0.1, 0.15) is 12.8 Å². The summed E-state index contributed by atoms with van der Waals surface area (Å²) in [6.45, 7) is 3.78. The minimum atomic E-state index is -0.401. The highest BCUT2D eigenvalue weighted by Gasteiger charge is 2.30. The lowest BCUT2D eigenvalue weighted by molar-refractivity contribution is -0.160. The molecule has 0 N–H and O–H groups in total. The molecule has 0 aliphatic heterocycles. The third kappa shape index (κ3) is 3.92. The SMILES string of the molecule is [CH2]CC[C](C(OC)OC)C(OC)OC. The maximum absolute atomic E-state index is 5.15. The fraction of sp³-hybridized carbons (Fsp3) is 0.800. The standard InChI is InChI=1S/C10H20O4/c1-6-7-8(9(11-2)12-3)10(13-4)14-5/h9-10H,1,6-7H2,2-5H3. The van der Waals surface area contributed by atoms with Crippen molar-refractivity contribution in [3.8, 4) is 0 Å². The maximum Gasteiger partial charge on any atom is 0.168 e. The van der Waals surface area contributed by atoms with Crippen molar-refractivity contribution in [3.63, 3.8) is 0 Å². The van der Waals surface area contributed by atoms with E-state index in [9.17, 15) is 0 Å². The van der Waals surface area contributed by atoms with Gasteiger partial charge in [-0.2, -0.15) is 0 Å². The van der Waals surface area contributed by atoms with E-state index in [1.807, 2.05) is 0 Å². The third-order valence-electron chi connectivity index (χ3n) is 1.93. The van der Waals surface area contributed by atoms with Crippen LogP contribution in [0.15, 0.2) is 0 Å². The molecule has 2 radical (unpaired) electrons. The van der Waals surface area contributed by atoms with Crippen LogP contribution in [-0.2, 0) is 18.9 Å². The molecule has 84 valence electrons. The van der Waals surface area contributed by atoms with Gasteiger partial charge in [-0.3, -0.25) is 0 Å². The highest BCUT2D eigenvalue weighted by molar-refractivity contribution is 4.97. The van der Waals surface area contributed by atoms with Crippen LogP contribution >= 0.6 is 0 Å². The van der Waals surface area contributed by atoms with Gasteiger partial charge in [0.1, 0.15) is 0 Å². The second-order valence-corrected chi connectivity index (χ2v) is 2.79. The molecular weight excluding hydrogens is 184 g/mol. The van der Waals surface area contributed by atoms with Crippen molar-refractivity contribution in [1.82, 2.24) is 0 Å². The Hall–Kier alpha value is -0.160. The fourth-order valence-electron chi connectivity index (χ4n) is 1.35. The van der Waals surface area contributed by atoms with Crippen LogP contribution in [0, 0.1) is 12.8 Å². The van der Waals surface area contributed by atoms with Gasteiger partial charge in [0.05, 0.1) is 5.92 Å². The van der Waals surface area contributed by atoms with E-state index in [0.29, 0.717) is 0 Å². The number of hydrogen-bond donors (Lipinski definition) is 0. The summed E-state index contributed by atoms with van der Waals surface area (Å²) < 4.78 is 20.6. The molecule has 0 aromatic carbocycles. The lowest BCUT2D eigenvalue weighted by Gasteiger charge is -2.29. The van der Waals surface area contributed by atoms with Crippen LogP contribution in [-0.4, -0.2) is 41.0 Å². The van der Waals surface area contributed by atoms with E-state index < -0.39 is 12.6 Å². The molecule has 0 aromatic heterocycles. The summed E-state index contributed by atoms with van der Waals surface area (Å²) in [4.78, 5) is 0. The van der Waals surface area contributed by atoms with Crippen molar-refractivity contribution < 1.29 is 18.9 Å². The van der Waals surface area contributed by atoms with E-state index in [1.165, 1.54) is 0 Å². The van der Waals surface area contributed by atoms with Gasteiger partial charge < -0.3 is 18.9 Å². The smallest absolute Gasteiger partial charge is 0.168 e. The van der Waals surface area contributed by atoms with E-state index in [0.717, 1.165) is 18.8 Å². The van der Waals surface area contributed by atoms with Gasteiger partial charge in [-0.05, 0) is 6.42 Å². The maximum atomic E-state index is 5.15. The molecule has 0 aliphatic rings. The van der Waals surface area contributed by atoms with E-state index in [2.05, 4.69) is 6.92 Å². The largest absolute Gasteiger partial charge is 0.355 e. The molecule has 0 heterocycles. The second-order valence-electron chi connectivity index (χ2n) is 2.79. The van der Waals surface area contributed by atoms with Gasteiger partial charge >= 0.3 is 0 Å². The third-order valence-corrected chi connectivity index (χ3v) is 1.93. The molecule has 0 rings (SSSR count). The normalized spacial score (nSPS) is 12.0. The number of ether oxygens (including phenoxy) is 4. The van der Waals surface area contributed by atoms with E-state index in [4.69, 9.17) is 18.9 Å². The van der Waals surface area contributed by atoms with Gasteiger partial charge in [0.2, 0.25) is 0 Å². The molecule has 0 bridgehead atoms. The second kappa shape index (κ2) is 8.17. The topological polar surface area (TPSA) is 36.9 Å². The first kappa shape index (κ1) is 13.8. The predicted molar refractivity (Wildman–Crippen MR) is 53.4 cm³/mol. The Labute approximate surface area is 86.5 Å². The molecule has 4 nitrogen and oxygen atoms in total. The van der Waals surface area contributed by atoms with Gasteiger partial charge in [0, 0.05) is 28.4 Å². The molecule has 0 atom stereocenters. The zero-order chi connectivity index (χ0) is 11.0. The molecule has 0 aliphatic carbocycles. The summed E-state index contributed by atoms with van der Waals surface area (Å²) in [7, 11) is 6.33. The number of hydrogen-bond acceptors (Lipinski definition) is 4. The molecule has 0 unspecified atom stereocenters. The zero-order valence-electron chi connectivity index (χ0n) is 9.41. The minimum absolute atomic E-state index is 0.401. The Balaban J connectivity index is 4.36. The monoisotopic (exact) mass is 204 g/mol. The quantitative estimate of drug-likeness (QED) is 0.560. The summed E-state index contributed by atoms with van der Waals surface area (Å²) in [5, 5.41) is 0. The molecule has 0 saturated heterocycles. The number of methoxy groups -OCH3 is 4. The Morgan fingerprint density at radius 3 is 1.50 bits per heavy atom. The van der Waals surface area contributed by atoms with Crippen molar-refractivity contribution in [2.75, 3.05) is 28.4 Å². The first-order chi connectivity index (χ1) is 6.74. The summed E-state index contributed by atoms with van der Waals surface area (Å²) in [6.07, 6.45) is 0.698. The minimum Gasteiger partial charge on any atom is -0.355 e.